The Balaban J connectivity index is 1.68. The molecule has 0 aromatic heterocycles. The van der Waals surface area contributed by atoms with Crippen molar-refractivity contribution in [3.05, 3.63) is 60.2 Å². The summed E-state index contributed by atoms with van der Waals surface area (Å²) in [5.74, 6) is 0.747. The summed E-state index contributed by atoms with van der Waals surface area (Å²) in [5, 5.41) is 2.87. The Labute approximate surface area is 148 Å². The van der Waals surface area contributed by atoms with Crippen LogP contribution in [0, 0.1) is 0 Å². The lowest BCUT2D eigenvalue weighted by Crippen LogP contribution is -2.27. The van der Waals surface area contributed by atoms with Gasteiger partial charge in [0, 0.05) is 32.1 Å². The van der Waals surface area contributed by atoms with E-state index in [9.17, 15) is 9.59 Å². The Morgan fingerprint density at radius 1 is 1.00 bits per heavy atom. The number of methoxy groups -OCH3 is 1. The second kappa shape index (κ2) is 9.47. The van der Waals surface area contributed by atoms with Crippen molar-refractivity contribution in [2.45, 2.75) is 25.8 Å². The van der Waals surface area contributed by atoms with Gasteiger partial charge in [0.25, 0.3) is 0 Å². The fourth-order valence-electron chi connectivity index (χ4n) is 2.40. The highest BCUT2D eigenvalue weighted by molar-refractivity contribution is 5.92. The number of benzene rings is 2. The number of hydrogen-bond donors (Lipinski definition) is 1. The zero-order valence-corrected chi connectivity index (χ0v) is 14.7. The molecule has 0 heterocycles. The van der Waals surface area contributed by atoms with Gasteiger partial charge in [0.2, 0.25) is 11.8 Å². The summed E-state index contributed by atoms with van der Waals surface area (Å²) in [7, 11) is 3.37. The van der Waals surface area contributed by atoms with Crippen molar-refractivity contribution in [1.29, 1.82) is 0 Å². The Morgan fingerprint density at radius 2 is 1.68 bits per heavy atom. The van der Waals surface area contributed by atoms with Gasteiger partial charge in [-0.1, -0.05) is 30.3 Å². The smallest absolute Gasteiger partial charge is 0.226 e. The minimum Gasteiger partial charge on any atom is -0.497 e. The van der Waals surface area contributed by atoms with E-state index >= 15 is 0 Å². The number of carbonyl (C=O) groups is 2. The molecule has 1 N–H and O–H groups in total. The first-order valence-corrected chi connectivity index (χ1v) is 8.31. The van der Waals surface area contributed by atoms with Gasteiger partial charge >= 0.3 is 0 Å². The number of rotatable bonds is 8. The normalized spacial score (nSPS) is 10.2. The average molecular weight is 340 g/mol. The number of carbonyl (C=O) groups excluding carboxylic acids is 2. The van der Waals surface area contributed by atoms with E-state index < -0.39 is 0 Å². The van der Waals surface area contributed by atoms with Crippen LogP contribution in [0.2, 0.25) is 0 Å². The Kier molecular flexibility index (Phi) is 7.01. The van der Waals surface area contributed by atoms with Crippen molar-refractivity contribution in [2.24, 2.45) is 0 Å². The molecule has 5 heteroatoms. The number of hydrogen-bond acceptors (Lipinski definition) is 3. The summed E-state index contributed by atoms with van der Waals surface area (Å²) < 4.78 is 5.10. The van der Waals surface area contributed by atoms with Crippen LogP contribution in [0.3, 0.4) is 0 Å². The molecule has 2 rings (SSSR count). The Bertz CT molecular complexity index is 684. The molecule has 0 radical (unpaired) electrons. The van der Waals surface area contributed by atoms with Crippen LogP contribution in [0.1, 0.15) is 24.8 Å². The summed E-state index contributed by atoms with van der Waals surface area (Å²) in [5.41, 5.74) is 1.87. The molecule has 132 valence electrons. The van der Waals surface area contributed by atoms with Gasteiger partial charge in [-0.05, 0) is 36.2 Å². The van der Waals surface area contributed by atoms with E-state index in [2.05, 4.69) is 5.32 Å². The molecule has 0 fully saturated rings. The first-order chi connectivity index (χ1) is 12.1. The van der Waals surface area contributed by atoms with E-state index in [1.54, 1.807) is 19.1 Å². The van der Waals surface area contributed by atoms with Crippen molar-refractivity contribution in [3.8, 4) is 5.75 Å². The summed E-state index contributed by atoms with van der Waals surface area (Å²) >= 11 is 0. The molecule has 0 unspecified atom stereocenters. The second-order valence-corrected chi connectivity index (χ2v) is 5.77. The largest absolute Gasteiger partial charge is 0.497 e. The van der Waals surface area contributed by atoms with Crippen LogP contribution in [0.5, 0.6) is 5.75 Å². The second-order valence-electron chi connectivity index (χ2n) is 5.77. The number of nitrogens with zero attached hydrogens (tertiary/aromatic N) is 1. The van der Waals surface area contributed by atoms with Crippen LogP contribution in [-0.2, 0) is 16.1 Å². The van der Waals surface area contributed by atoms with Crippen molar-refractivity contribution < 1.29 is 14.3 Å². The molecule has 2 aromatic carbocycles. The standard InChI is InChI=1S/C20H24N2O3/c1-22(17-7-4-3-5-8-17)20(24)10-6-9-19(23)21-15-16-11-13-18(25-2)14-12-16/h3-5,7-8,11-14H,6,9-10,15H2,1-2H3,(H,21,23). The monoisotopic (exact) mass is 340 g/mol. The SMILES string of the molecule is COc1ccc(CNC(=O)CCCC(=O)N(C)c2ccccc2)cc1. The fraction of sp³-hybridized carbons (Fsp3) is 0.300. The van der Waals surface area contributed by atoms with Crippen molar-refractivity contribution in [2.75, 3.05) is 19.1 Å². The van der Waals surface area contributed by atoms with E-state index in [4.69, 9.17) is 4.74 Å². The molecule has 0 aliphatic heterocycles. The van der Waals surface area contributed by atoms with Crippen molar-refractivity contribution in [1.82, 2.24) is 5.32 Å². The van der Waals surface area contributed by atoms with Gasteiger partial charge in [-0.15, -0.1) is 0 Å². The fourth-order valence-corrected chi connectivity index (χ4v) is 2.40. The highest BCUT2D eigenvalue weighted by Crippen LogP contribution is 2.13. The van der Waals surface area contributed by atoms with E-state index in [1.807, 2.05) is 54.6 Å². The lowest BCUT2D eigenvalue weighted by atomic mass is 10.2. The van der Waals surface area contributed by atoms with Gasteiger partial charge in [0.05, 0.1) is 7.11 Å². The zero-order valence-electron chi connectivity index (χ0n) is 14.7. The summed E-state index contributed by atoms with van der Waals surface area (Å²) in [6, 6.07) is 17.0. The first-order valence-electron chi connectivity index (χ1n) is 8.31. The van der Waals surface area contributed by atoms with Gasteiger partial charge in [-0.3, -0.25) is 9.59 Å². The van der Waals surface area contributed by atoms with Crippen LogP contribution in [0.4, 0.5) is 5.69 Å². The first kappa shape index (κ1) is 18.5. The third-order valence-electron chi connectivity index (χ3n) is 3.96. The van der Waals surface area contributed by atoms with Gasteiger partial charge in [-0.25, -0.2) is 0 Å². The van der Waals surface area contributed by atoms with Crippen LogP contribution in [0.15, 0.2) is 54.6 Å². The zero-order chi connectivity index (χ0) is 18.1. The lowest BCUT2D eigenvalue weighted by molar-refractivity contribution is -0.121. The summed E-state index contributed by atoms with van der Waals surface area (Å²) in [6.45, 7) is 0.473. The molecule has 5 nitrogen and oxygen atoms in total. The van der Waals surface area contributed by atoms with E-state index in [-0.39, 0.29) is 11.8 Å². The van der Waals surface area contributed by atoms with Crippen molar-refractivity contribution in [3.63, 3.8) is 0 Å². The summed E-state index contributed by atoms with van der Waals surface area (Å²) in [6.07, 6.45) is 1.22. The molecule has 25 heavy (non-hydrogen) atoms. The third kappa shape index (κ3) is 5.95. The topological polar surface area (TPSA) is 58.6 Å². The molecular weight excluding hydrogens is 316 g/mol. The van der Waals surface area contributed by atoms with Gasteiger partial charge < -0.3 is 15.0 Å². The van der Waals surface area contributed by atoms with E-state index in [0.717, 1.165) is 17.0 Å². The van der Waals surface area contributed by atoms with Crippen LogP contribution < -0.4 is 15.0 Å². The Morgan fingerprint density at radius 3 is 2.32 bits per heavy atom. The molecule has 0 spiro atoms. The van der Waals surface area contributed by atoms with Gasteiger partial charge in [0.15, 0.2) is 0 Å². The molecular formula is C20H24N2O3. The molecule has 0 atom stereocenters. The highest BCUT2D eigenvalue weighted by Gasteiger charge is 2.11. The van der Waals surface area contributed by atoms with Gasteiger partial charge in [-0.2, -0.15) is 0 Å². The number of para-hydroxylation sites is 1. The maximum Gasteiger partial charge on any atom is 0.226 e. The molecule has 0 saturated heterocycles. The number of anilines is 1. The van der Waals surface area contributed by atoms with Crippen LogP contribution >= 0.6 is 0 Å². The lowest BCUT2D eigenvalue weighted by Gasteiger charge is -2.17. The predicted molar refractivity (Wildman–Crippen MR) is 98.5 cm³/mol. The van der Waals surface area contributed by atoms with Gasteiger partial charge in [0.1, 0.15) is 5.75 Å². The van der Waals surface area contributed by atoms with Crippen molar-refractivity contribution >= 4 is 17.5 Å². The van der Waals surface area contributed by atoms with E-state index in [0.29, 0.717) is 25.8 Å². The van der Waals surface area contributed by atoms with Crippen LogP contribution in [0.25, 0.3) is 0 Å². The van der Waals surface area contributed by atoms with Crippen LogP contribution in [-0.4, -0.2) is 26.0 Å². The quantitative estimate of drug-likeness (QED) is 0.803. The number of amides is 2. The molecule has 0 bridgehead atoms. The molecule has 0 aliphatic carbocycles. The minimum atomic E-state index is -0.0500. The molecule has 0 aliphatic rings. The summed E-state index contributed by atoms with van der Waals surface area (Å²) in [4.78, 5) is 25.7. The maximum absolute atomic E-state index is 12.1. The average Bonchev–Trinajstić information content (AvgIpc) is 2.66. The molecule has 2 aromatic rings. The molecule has 2 amide bonds. The Hall–Kier alpha value is -2.82. The maximum atomic E-state index is 12.1. The predicted octanol–water partition coefficient (Wildman–Crippen LogP) is 3.14. The third-order valence-corrected chi connectivity index (χ3v) is 3.96. The number of nitrogens with one attached hydrogen (secondary N) is 1. The highest BCUT2D eigenvalue weighted by atomic mass is 16.5. The number of ether oxygens (including phenoxy) is 1. The van der Waals surface area contributed by atoms with E-state index in [1.165, 1.54) is 0 Å². The molecule has 0 saturated carbocycles. The minimum absolute atomic E-state index is 0.00848.